The molecule has 0 radical (unpaired) electrons. The van der Waals surface area contributed by atoms with E-state index in [1.807, 2.05) is 0 Å². The minimum atomic E-state index is -0.323. The molecule has 0 aliphatic carbocycles. The average Bonchev–Trinajstić information content (AvgIpc) is 2.44. The molecule has 1 aromatic carbocycles. The molecule has 5 heteroatoms. The monoisotopic (exact) mass is 282 g/mol. The van der Waals surface area contributed by atoms with Gasteiger partial charge in [0, 0.05) is 31.7 Å². The van der Waals surface area contributed by atoms with E-state index in [2.05, 4.69) is 18.7 Å². The zero-order valence-corrected chi connectivity index (χ0v) is 12.1. The highest BCUT2D eigenvalue weighted by Crippen LogP contribution is 2.17. The Balaban J connectivity index is 1.90. The van der Waals surface area contributed by atoms with Crippen molar-refractivity contribution in [1.82, 2.24) is 4.90 Å². The predicted molar refractivity (Wildman–Crippen MR) is 76.2 cm³/mol. The summed E-state index contributed by atoms with van der Waals surface area (Å²) in [6, 6.07) is 5.07. The second-order valence-electron chi connectivity index (χ2n) is 5.39. The van der Waals surface area contributed by atoms with E-state index in [9.17, 15) is 4.39 Å². The molecular formula is C15H23FN2O2. The second kappa shape index (κ2) is 7.02. The van der Waals surface area contributed by atoms with Crippen molar-refractivity contribution in [3.05, 3.63) is 29.6 Å². The Kier molecular flexibility index (Phi) is 5.34. The highest BCUT2D eigenvalue weighted by atomic mass is 19.1. The van der Waals surface area contributed by atoms with Gasteiger partial charge in [-0.15, -0.1) is 0 Å². The van der Waals surface area contributed by atoms with Crippen LogP contribution in [0.1, 0.15) is 19.4 Å². The van der Waals surface area contributed by atoms with Crippen LogP contribution in [0.15, 0.2) is 18.2 Å². The molecule has 1 aliphatic rings. The number of halogens is 1. The Hall–Kier alpha value is -1.17. The van der Waals surface area contributed by atoms with Gasteiger partial charge in [0.05, 0.1) is 6.61 Å². The molecule has 0 bridgehead atoms. The van der Waals surface area contributed by atoms with Gasteiger partial charge in [-0.1, -0.05) is 0 Å². The van der Waals surface area contributed by atoms with Gasteiger partial charge in [0.1, 0.15) is 24.3 Å². The third-order valence-corrected chi connectivity index (χ3v) is 3.50. The summed E-state index contributed by atoms with van der Waals surface area (Å²) >= 11 is 0. The van der Waals surface area contributed by atoms with E-state index in [0.29, 0.717) is 31.5 Å². The van der Waals surface area contributed by atoms with E-state index in [1.54, 1.807) is 6.07 Å². The number of morpholine rings is 1. The molecular weight excluding hydrogens is 259 g/mol. The van der Waals surface area contributed by atoms with Crippen molar-refractivity contribution in [2.75, 3.05) is 26.3 Å². The minimum Gasteiger partial charge on any atom is -0.491 e. The lowest BCUT2D eigenvalue weighted by atomic mass is 10.2. The quantitative estimate of drug-likeness (QED) is 0.894. The maximum absolute atomic E-state index is 13.4. The van der Waals surface area contributed by atoms with Gasteiger partial charge >= 0.3 is 0 Å². The summed E-state index contributed by atoms with van der Waals surface area (Å²) in [5.41, 5.74) is 6.25. The van der Waals surface area contributed by atoms with Gasteiger partial charge in [0.2, 0.25) is 0 Å². The van der Waals surface area contributed by atoms with Crippen molar-refractivity contribution in [3.63, 3.8) is 0 Å². The maximum Gasteiger partial charge on any atom is 0.127 e. The summed E-state index contributed by atoms with van der Waals surface area (Å²) in [6.45, 7) is 7.57. The lowest BCUT2D eigenvalue weighted by Crippen LogP contribution is -2.47. The number of hydrogen-bond acceptors (Lipinski definition) is 4. The molecule has 1 fully saturated rings. The van der Waals surface area contributed by atoms with Crippen molar-refractivity contribution >= 4 is 0 Å². The first-order chi connectivity index (χ1) is 9.58. The molecule has 20 heavy (non-hydrogen) atoms. The smallest absolute Gasteiger partial charge is 0.127 e. The molecule has 112 valence electrons. The Labute approximate surface area is 119 Å². The largest absolute Gasteiger partial charge is 0.491 e. The van der Waals surface area contributed by atoms with Gasteiger partial charge in [-0.2, -0.15) is 0 Å². The fraction of sp³-hybridized carbons (Fsp3) is 0.600. The van der Waals surface area contributed by atoms with Crippen molar-refractivity contribution < 1.29 is 13.9 Å². The Morgan fingerprint density at radius 1 is 1.45 bits per heavy atom. The molecule has 2 rings (SSSR count). The Bertz CT molecular complexity index is 440. The Morgan fingerprint density at radius 2 is 2.25 bits per heavy atom. The molecule has 1 aromatic rings. The van der Waals surface area contributed by atoms with Crippen LogP contribution in [0, 0.1) is 5.82 Å². The first-order valence-corrected chi connectivity index (χ1v) is 7.06. The van der Waals surface area contributed by atoms with Crippen LogP contribution in [-0.2, 0) is 11.3 Å². The second-order valence-corrected chi connectivity index (χ2v) is 5.39. The molecule has 1 unspecified atom stereocenters. The molecule has 1 saturated heterocycles. The lowest BCUT2D eigenvalue weighted by Gasteiger charge is -2.35. The number of rotatable bonds is 5. The fourth-order valence-corrected chi connectivity index (χ4v) is 2.32. The van der Waals surface area contributed by atoms with E-state index in [-0.39, 0.29) is 11.9 Å². The predicted octanol–water partition coefficient (Wildman–Crippen LogP) is 1.77. The normalized spacial score (nSPS) is 20.4. The number of nitrogens with zero attached hydrogens (tertiary/aromatic N) is 1. The first kappa shape index (κ1) is 15.2. The van der Waals surface area contributed by atoms with Crippen molar-refractivity contribution in [1.29, 1.82) is 0 Å². The molecule has 0 saturated carbocycles. The van der Waals surface area contributed by atoms with Crippen LogP contribution in [0.3, 0.4) is 0 Å². The fourth-order valence-electron chi connectivity index (χ4n) is 2.32. The van der Waals surface area contributed by atoms with Gasteiger partial charge < -0.3 is 15.2 Å². The molecule has 1 atom stereocenters. The summed E-state index contributed by atoms with van der Waals surface area (Å²) in [7, 11) is 0. The molecule has 1 aliphatic heterocycles. The molecule has 0 spiro atoms. The van der Waals surface area contributed by atoms with Crippen LogP contribution in [0.4, 0.5) is 4.39 Å². The van der Waals surface area contributed by atoms with Crippen molar-refractivity contribution in [3.8, 4) is 5.75 Å². The SMILES string of the molecule is CC(C)N1CCOC(COc2cc(F)cc(CN)c2)C1. The highest BCUT2D eigenvalue weighted by molar-refractivity contribution is 5.29. The highest BCUT2D eigenvalue weighted by Gasteiger charge is 2.22. The zero-order valence-electron chi connectivity index (χ0n) is 12.1. The van der Waals surface area contributed by atoms with E-state index in [0.717, 1.165) is 18.7 Å². The van der Waals surface area contributed by atoms with Crippen molar-refractivity contribution in [2.45, 2.75) is 32.5 Å². The van der Waals surface area contributed by atoms with Gasteiger partial charge in [-0.3, -0.25) is 4.90 Å². The number of ether oxygens (including phenoxy) is 2. The summed E-state index contributed by atoms with van der Waals surface area (Å²) in [5.74, 6) is 0.187. The van der Waals surface area contributed by atoms with Crippen LogP contribution < -0.4 is 10.5 Å². The summed E-state index contributed by atoms with van der Waals surface area (Å²) in [4.78, 5) is 2.36. The third-order valence-electron chi connectivity index (χ3n) is 3.50. The van der Waals surface area contributed by atoms with Crippen LogP contribution in [0.25, 0.3) is 0 Å². The van der Waals surface area contributed by atoms with Crippen LogP contribution >= 0.6 is 0 Å². The van der Waals surface area contributed by atoms with Crippen molar-refractivity contribution in [2.24, 2.45) is 5.73 Å². The van der Waals surface area contributed by atoms with Gasteiger partial charge in [-0.05, 0) is 31.5 Å². The van der Waals surface area contributed by atoms with E-state index >= 15 is 0 Å². The minimum absolute atomic E-state index is 0.0238. The first-order valence-electron chi connectivity index (χ1n) is 7.06. The number of benzene rings is 1. The molecule has 0 amide bonds. The van der Waals surface area contributed by atoms with E-state index in [4.69, 9.17) is 15.2 Å². The molecule has 2 N–H and O–H groups in total. The summed E-state index contributed by atoms with van der Waals surface area (Å²) in [6.07, 6.45) is 0.0238. The van der Waals surface area contributed by atoms with Crippen LogP contribution in [0.5, 0.6) is 5.75 Å². The number of nitrogens with two attached hydrogens (primary N) is 1. The molecule has 4 nitrogen and oxygen atoms in total. The third kappa shape index (κ3) is 4.16. The van der Waals surface area contributed by atoms with Crippen LogP contribution in [0.2, 0.25) is 0 Å². The molecule has 0 aromatic heterocycles. The Morgan fingerprint density at radius 3 is 2.95 bits per heavy atom. The van der Waals surface area contributed by atoms with E-state index in [1.165, 1.54) is 12.1 Å². The van der Waals surface area contributed by atoms with E-state index < -0.39 is 0 Å². The summed E-state index contributed by atoms with van der Waals surface area (Å²) < 4.78 is 24.7. The molecule has 1 heterocycles. The standard InChI is InChI=1S/C15H23FN2O2/c1-11(2)18-3-4-19-15(9-18)10-20-14-6-12(8-17)5-13(16)7-14/h5-7,11,15H,3-4,8-10,17H2,1-2H3. The van der Waals surface area contributed by atoms with Gasteiger partial charge in [0.15, 0.2) is 0 Å². The van der Waals surface area contributed by atoms with Gasteiger partial charge in [0.25, 0.3) is 0 Å². The number of hydrogen-bond donors (Lipinski definition) is 1. The summed E-state index contributed by atoms with van der Waals surface area (Å²) in [5, 5.41) is 0. The lowest BCUT2D eigenvalue weighted by molar-refractivity contribution is -0.0564. The average molecular weight is 282 g/mol. The van der Waals surface area contributed by atoms with Gasteiger partial charge in [-0.25, -0.2) is 4.39 Å². The topological polar surface area (TPSA) is 47.7 Å². The zero-order chi connectivity index (χ0) is 14.5. The van der Waals surface area contributed by atoms with Crippen LogP contribution in [-0.4, -0.2) is 43.3 Å². The maximum atomic E-state index is 13.4.